The van der Waals surface area contributed by atoms with Gasteiger partial charge in [-0.15, -0.1) is 0 Å². The predicted octanol–water partition coefficient (Wildman–Crippen LogP) is 2.45. The zero-order chi connectivity index (χ0) is 13.4. The molecule has 0 aliphatic heterocycles. The molecule has 3 rings (SSSR count). The molecule has 5 heteroatoms. The number of aryl methyl sites for hydroxylation is 1. The molecule has 3 heterocycles. The fourth-order valence-electron chi connectivity index (χ4n) is 2.35. The largest absolute Gasteiger partial charge is 0.379 e. The number of hydrogen-bond acceptors (Lipinski definition) is 2. The van der Waals surface area contributed by atoms with Gasteiger partial charge < -0.3 is 14.5 Å². The van der Waals surface area contributed by atoms with Crippen molar-refractivity contribution < 1.29 is 9.50 Å². The fraction of sp³-hybridized carbons (Fsp3) is 0.214. The summed E-state index contributed by atoms with van der Waals surface area (Å²) in [6, 6.07) is 6.56. The van der Waals surface area contributed by atoms with E-state index in [1.807, 2.05) is 13.0 Å². The first-order chi connectivity index (χ1) is 9.22. The molecule has 98 valence electrons. The Hall–Kier alpha value is -2.14. The van der Waals surface area contributed by atoms with E-state index in [1.54, 1.807) is 28.9 Å². The molecular formula is C14H14FN3O. The normalized spacial score (nSPS) is 13.0. The van der Waals surface area contributed by atoms with Crippen LogP contribution >= 0.6 is 0 Å². The second-order valence-electron chi connectivity index (χ2n) is 4.38. The third kappa shape index (κ3) is 1.82. The number of hydrogen-bond donors (Lipinski definition) is 2. The lowest BCUT2D eigenvalue weighted by Crippen LogP contribution is -2.10. The van der Waals surface area contributed by atoms with E-state index in [1.165, 1.54) is 6.07 Å². The molecule has 0 fully saturated rings. The number of nitrogens with one attached hydrogen (secondary N) is 1. The molecule has 3 aromatic rings. The molecule has 0 aliphatic rings. The maximum atomic E-state index is 13.8. The van der Waals surface area contributed by atoms with Crippen molar-refractivity contribution in [1.29, 1.82) is 0 Å². The van der Waals surface area contributed by atoms with E-state index in [9.17, 15) is 9.50 Å². The van der Waals surface area contributed by atoms with Crippen molar-refractivity contribution in [2.24, 2.45) is 0 Å². The number of aliphatic hydroxyl groups excluding tert-OH is 1. The minimum atomic E-state index is -0.907. The van der Waals surface area contributed by atoms with Crippen LogP contribution in [0.2, 0.25) is 0 Å². The Morgan fingerprint density at radius 3 is 2.89 bits per heavy atom. The minimum Gasteiger partial charge on any atom is -0.379 e. The van der Waals surface area contributed by atoms with E-state index in [0.29, 0.717) is 17.0 Å². The van der Waals surface area contributed by atoms with Crippen molar-refractivity contribution in [2.75, 3.05) is 0 Å². The smallest absolute Gasteiger partial charge is 0.152 e. The summed E-state index contributed by atoms with van der Waals surface area (Å²) < 4.78 is 15.5. The van der Waals surface area contributed by atoms with Crippen molar-refractivity contribution in [1.82, 2.24) is 14.4 Å². The highest BCUT2D eigenvalue weighted by Crippen LogP contribution is 2.24. The highest BCUT2D eigenvalue weighted by Gasteiger charge is 2.18. The monoisotopic (exact) mass is 259 g/mol. The van der Waals surface area contributed by atoms with Crippen LogP contribution in [0.5, 0.6) is 0 Å². The Morgan fingerprint density at radius 1 is 1.37 bits per heavy atom. The molecule has 0 saturated heterocycles. The van der Waals surface area contributed by atoms with Gasteiger partial charge in [0.2, 0.25) is 0 Å². The second-order valence-corrected chi connectivity index (χ2v) is 4.38. The second kappa shape index (κ2) is 4.51. The first kappa shape index (κ1) is 11.9. The first-order valence-corrected chi connectivity index (χ1v) is 6.18. The summed E-state index contributed by atoms with van der Waals surface area (Å²) in [4.78, 5) is 6.93. The standard InChI is InChI=1S/C14H14FN3O/c1-2-9-3-5-11-10(15)4-6-12(18(9)11)13(19)14-16-7-8-17-14/h3-8,13,19H,2H2,1H3,(H,16,17)/t13-/m1/s1. The van der Waals surface area contributed by atoms with Gasteiger partial charge in [-0.1, -0.05) is 6.92 Å². The summed E-state index contributed by atoms with van der Waals surface area (Å²) in [6.45, 7) is 2.00. The van der Waals surface area contributed by atoms with Crippen LogP contribution < -0.4 is 0 Å². The van der Waals surface area contributed by atoms with Crippen LogP contribution in [0.25, 0.3) is 5.52 Å². The minimum absolute atomic E-state index is 0.296. The molecule has 2 N–H and O–H groups in total. The summed E-state index contributed by atoms with van der Waals surface area (Å²) in [5.41, 5.74) is 2.03. The Kier molecular flexibility index (Phi) is 2.83. The number of aromatic nitrogens is 3. The molecule has 0 aromatic carbocycles. The van der Waals surface area contributed by atoms with Gasteiger partial charge in [0.1, 0.15) is 11.6 Å². The van der Waals surface area contributed by atoms with Crippen molar-refractivity contribution >= 4 is 5.52 Å². The maximum absolute atomic E-state index is 13.8. The van der Waals surface area contributed by atoms with Crippen molar-refractivity contribution in [3.05, 3.63) is 59.7 Å². The van der Waals surface area contributed by atoms with Crippen LogP contribution in [0, 0.1) is 5.82 Å². The lowest BCUT2D eigenvalue weighted by molar-refractivity contribution is 0.204. The molecule has 1 atom stereocenters. The molecule has 4 nitrogen and oxygen atoms in total. The van der Waals surface area contributed by atoms with Gasteiger partial charge in [0.15, 0.2) is 6.10 Å². The van der Waals surface area contributed by atoms with Gasteiger partial charge in [-0.3, -0.25) is 0 Å². The van der Waals surface area contributed by atoms with E-state index in [4.69, 9.17) is 0 Å². The number of H-pyrrole nitrogens is 1. The Morgan fingerprint density at radius 2 is 2.21 bits per heavy atom. The zero-order valence-electron chi connectivity index (χ0n) is 10.5. The quantitative estimate of drug-likeness (QED) is 0.759. The topological polar surface area (TPSA) is 53.3 Å². The van der Waals surface area contributed by atoms with Crippen molar-refractivity contribution in [3.63, 3.8) is 0 Å². The number of fused-ring (bicyclic) bond motifs is 1. The Balaban J connectivity index is 2.23. The van der Waals surface area contributed by atoms with E-state index < -0.39 is 6.10 Å². The molecule has 0 saturated carbocycles. The average molecular weight is 259 g/mol. The van der Waals surface area contributed by atoms with Crippen LogP contribution in [0.1, 0.15) is 30.2 Å². The molecule has 3 aromatic heterocycles. The van der Waals surface area contributed by atoms with Gasteiger partial charge >= 0.3 is 0 Å². The summed E-state index contributed by atoms with van der Waals surface area (Å²) in [7, 11) is 0. The highest BCUT2D eigenvalue weighted by molar-refractivity contribution is 5.53. The number of halogens is 1. The van der Waals surface area contributed by atoms with Crippen molar-refractivity contribution in [2.45, 2.75) is 19.4 Å². The van der Waals surface area contributed by atoms with Crippen LogP contribution in [0.4, 0.5) is 4.39 Å². The number of aromatic amines is 1. The molecule has 0 unspecified atom stereocenters. The van der Waals surface area contributed by atoms with Crippen LogP contribution in [-0.2, 0) is 6.42 Å². The molecule has 19 heavy (non-hydrogen) atoms. The van der Waals surface area contributed by atoms with Gasteiger partial charge in [-0.25, -0.2) is 9.37 Å². The number of pyridine rings is 1. The zero-order valence-corrected chi connectivity index (χ0v) is 10.5. The molecule has 0 aliphatic carbocycles. The molecule has 0 amide bonds. The summed E-state index contributed by atoms with van der Waals surface area (Å²) in [5, 5.41) is 10.4. The van der Waals surface area contributed by atoms with E-state index in [-0.39, 0.29) is 5.82 Å². The Bertz CT molecular complexity index is 703. The number of imidazole rings is 1. The molecule has 0 bridgehead atoms. The Labute approximate surface area is 109 Å². The van der Waals surface area contributed by atoms with E-state index in [0.717, 1.165) is 12.1 Å². The lowest BCUT2D eigenvalue weighted by atomic mass is 10.2. The van der Waals surface area contributed by atoms with Gasteiger partial charge in [-0.2, -0.15) is 0 Å². The van der Waals surface area contributed by atoms with Crippen LogP contribution in [0.15, 0.2) is 36.7 Å². The number of aliphatic hydroxyl groups is 1. The van der Waals surface area contributed by atoms with E-state index >= 15 is 0 Å². The molecular weight excluding hydrogens is 245 g/mol. The predicted molar refractivity (Wildman–Crippen MR) is 69.4 cm³/mol. The van der Waals surface area contributed by atoms with Gasteiger partial charge in [-0.05, 0) is 30.7 Å². The van der Waals surface area contributed by atoms with Gasteiger partial charge in [0, 0.05) is 18.1 Å². The summed E-state index contributed by atoms with van der Waals surface area (Å²) >= 11 is 0. The average Bonchev–Trinajstić information content (AvgIpc) is 3.08. The van der Waals surface area contributed by atoms with Gasteiger partial charge in [0.05, 0.1) is 11.2 Å². The van der Waals surface area contributed by atoms with Gasteiger partial charge in [0.25, 0.3) is 0 Å². The number of nitrogens with zero attached hydrogens (tertiary/aromatic N) is 2. The fourth-order valence-corrected chi connectivity index (χ4v) is 2.35. The van der Waals surface area contributed by atoms with Crippen LogP contribution in [0.3, 0.4) is 0 Å². The molecule has 0 radical (unpaired) electrons. The lowest BCUT2D eigenvalue weighted by Gasteiger charge is -2.14. The third-order valence-corrected chi connectivity index (χ3v) is 3.29. The SMILES string of the molecule is CCc1ccc2c(F)ccc([C@@H](O)c3ncc[nH]3)n12. The maximum Gasteiger partial charge on any atom is 0.152 e. The number of rotatable bonds is 3. The van der Waals surface area contributed by atoms with Crippen molar-refractivity contribution in [3.8, 4) is 0 Å². The van der Waals surface area contributed by atoms with E-state index in [2.05, 4.69) is 9.97 Å². The summed E-state index contributed by atoms with van der Waals surface area (Å²) in [5.74, 6) is 0.152. The summed E-state index contributed by atoms with van der Waals surface area (Å²) in [6.07, 6.45) is 3.08. The third-order valence-electron chi connectivity index (χ3n) is 3.29. The van der Waals surface area contributed by atoms with Crippen LogP contribution in [-0.4, -0.2) is 19.5 Å². The molecule has 0 spiro atoms. The highest BCUT2D eigenvalue weighted by atomic mass is 19.1. The first-order valence-electron chi connectivity index (χ1n) is 6.18.